The van der Waals surface area contributed by atoms with E-state index in [0.717, 1.165) is 23.3 Å². The Morgan fingerprint density at radius 1 is 1.29 bits per heavy atom. The first kappa shape index (κ1) is 14.4. The number of para-hydroxylation sites is 2. The first-order valence-corrected chi connectivity index (χ1v) is 7.18. The summed E-state index contributed by atoms with van der Waals surface area (Å²) in [6, 6.07) is 6.20. The minimum absolute atomic E-state index is 0.166. The molecule has 114 valence electrons. The Morgan fingerprint density at radius 3 is 2.76 bits per heavy atom. The molecule has 1 aromatic heterocycles. The summed E-state index contributed by atoms with van der Waals surface area (Å²) in [5, 5.41) is 2.74. The van der Waals surface area contributed by atoms with E-state index in [2.05, 4.69) is 10.3 Å². The van der Waals surface area contributed by atoms with Crippen molar-refractivity contribution >= 4 is 11.0 Å². The molecule has 1 N–H and O–H groups in total. The van der Waals surface area contributed by atoms with Crippen molar-refractivity contribution in [2.45, 2.75) is 43.9 Å². The van der Waals surface area contributed by atoms with Crippen molar-refractivity contribution in [1.29, 1.82) is 0 Å². The maximum absolute atomic E-state index is 12.8. The van der Waals surface area contributed by atoms with Gasteiger partial charge in [0.05, 0.1) is 11.0 Å². The summed E-state index contributed by atoms with van der Waals surface area (Å²) in [6.07, 6.45) is -2.10. The summed E-state index contributed by atoms with van der Waals surface area (Å²) in [6.45, 7) is 0. The van der Waals surface area contributed by atoms with E-state index >= 15 is 0 Å². The van der Waals surface area contributed by atoms with Gasteiger partial charge in [0, 0.05) is 19.5 Å². The standard InChI is InChI=1S/C15H18F3N3/c1-21-12-7-3-2-6-11(12)20-14(21)9-10-5-4-8-13(19-10)15(16,17)18/h2-3,6-7,10,13,19H,4-5,8-9H2,1H3. The molecule has 0 aliphatic carbocycles. The predicted octanol–water partition coefficient (Wildman–Crippen LogP) is 3.19. The number of hydrogen-bond acceptors (Lipinski definition) is 2. The molecule has 21 heavy (non-hydrogen) atoms. The number of aryl methyl sites for hydroxylation is 1. The van der Waals surface area contributed by atoms with Crippen LogP contribution in [0.3, 0.4) is 0 Å². The molecule has 1 aliphatic heterocycles. The zero-order chi connectivity index (χ0) is 15.0. The highest BCUT2D eigenvalue weighted by Crippen LogP contribution is 2.28. The number of halogens is 3. The maximum atomic E-state index is 12.8. The first-order valence-electron chi connectivity index (χ1n) is 7.18. The Hall–Kier alpha value is -1.56. The van der Waals surface area contributed by atoms with E-state index in [-0.39, 0.29) is 12.5 Å². The van der Waals surface area contributed by atoms with E-state index < -0.39 is 12.2 Å². The van der Waals surface area contributed by atoms with Crippen molar-refractivity contribution in [2.75, 3.05) is 0 Å². The molecular formula is C15H18F3N3. The van der Waals surface area contributed by atoms with Crippen molar-refractivity contribution in [3.63, 3.8) is 0 Å². The van der Waals surface area contributed by atoms with Crippen LogP contribution in [0.2, 0.25) is 0 Å². The van der Waals surface area contributed by atoms with Crippen molar-refractivity contribution in [1.82, 2.24) is 14.9 Å². The van der Waals surface area contributed by atoms with Gasteiger partial charge in [0.25, 0.3) is 0 Å². The number of benzene rings is 1. The molecule has 1 aromatic carbocycles. The van der Waals surface area contributed by atoms with E-state index in [4.69, 9.17) is 0 Å². The molecule has 0 radical (unpaired) electrons. The quantitative estimate of drug-likeness (QED) is 0.922. The fourth-order valence-corrected chi connectivity index (χ4v) is 3.04. The van der Waals surface area contributed by atoms with Gasteiger partial charge in [-0.1, -0.05) is 12.1 Å². The van der Waals surface area contributed by atoms with Gasteiger partial charge in [-0.3, -0.25) is 0 Å². The number of alkyl halides is 3. The lowest BCUT2D eigenvalue weighted by molar-refractivity contribution is -0.163. The lowest BCUT2D eigenvalue weighted by Gasteiger charge is -2.32. The topological polar surface area (TPSA) is 29.9 Å². The smallest absolute Gasteiger partial charge is 0.331 e. The summed E-state index contributed by atoms with van der Waals surface area (Å²) in [7, 11) is 1.91. The number of hydrogen-bond donors (Lipinski definition) is 1. The normalized spacial score (nSPS) is 23.6. The van der Waals surface area contributed by atoms with Crippen molar-refractivity contribution in [3.8, 4) is 0 Å². The van der Waals surface area contributed by atoms with Crippen LogP contribution in [-0.4, -0.2) is 27.8 Å². The van der Waals surface area contributed by atoms with Crippen LogP contribution >= 0.6 is 0 Å². The zero-order valence-corrected chi connectivity index (χ0v) is 11.8. The molecule has 0 amide bonds. The van der Waals surface area contributed by atoms with Gasteiger partial charge in [-0.25, -0.2) is 4.98 Å². The number of rotatable bonds is 2. The van der Waals surface area contributed by atoms with Crippen LogP contribution in [0.1, 0.15) is 25.1 Å². The van der Waals surface area contributed by atoms with Crippen LogP contribution in [0, 0.1) is 0 Å². The third kappa shape index (κ3) is 2.90. The van der Waals surface area contributed by atoms with E-state index in [1.807, 2.05) is 35.9 Å². The first-order chi connectivity index (χ1) is 9.95. The molecule has 1 saturated heterocycles. The Bertz CT molecular complexity index is 633. The van der Waals surface area contributed by atoms with Crippen molar-refractivity contribution in [3.05, 3.63) is 30.1 Å². The average Bonchev–Trinajstić information content (AvgIpc) is 2.75. The van der Waals surface area contributed by atoms with Gasteiger partial charge < -0.3 is 9.88 Å². The average molecular weight is 297 g/mol. The third-order valence-electron chi connectivity index (χ3n) is 4.19. The third-order valence-corrected chi connectivity index (χ3v) is 4.19. The molecule has 2 aromatic rings. The summed E-state index contributed by atoms with van der Waals surface area (Å²) in [4.78, 5) is 4.54. The summed E-state index contributed by atoms with van der Waals surface area (Å²) in [5.74, 6) is 0.830. The highest BCUT2D eigenvalue weighted by molar-refractivity contribution is 5.75. The molecule has 0 bridgehead atoms. The molecule has 3 nitrogen and oxygen atoms in total. The van der Waals surface area contributed by atoms with Gasteiger partial charge in [0.1, 0.15) is 11.9 Å². The zero-order valence-electron chi connectivity index (χ0n) is 11.8. The second-order valence-corrected chi connectivity index (χ2v) is 5.67. The number of nitrogens with one attached hydrogen (secondary N) is 1. The molecule has 0 saturated carbocycles. The van der Waals surface area contributed by atoms with Crippen LogP contribution in [0.4, 0.5) is 13.2 Å². The molecule has 2 heterocycles. The molecule has 1 aliphatic rings. The van der Waals surface area contributed by atoms with Crippen LogP contribution in [0.25, 0.3) is 11.0 Å². The molecule has 6 heteroatoms. The largest absolute Gasteiger partial charge is 0.403 e. The van der Waals surface area contributed by atoms with Gasteiger partial charge in [-0.05, 0) is 31.4 Å². The fourth-order valence-electron chi connectivity index (χ4n) is 3.04. The predicted molar refractivity (Wildman–Crippen MR) is 75.0 cm³/mol. The molecule has 2 atom stereocenters. The van der Waals surface area contributed by atoms with E-state index in [1.54, 1.807) is 0 Å². The second-order valence-electron chi connectivity index (χ2n) is 5.67. The number of imidazole rings is 1. The van der Waals surface area contributed by atoms with Crippen molar-refractivity contribution in [2.24, 2.45) is 7.05 Å². The number of nitrogens with zero attached hydrogens (tertiary/aromatic N) is 2. The Morgan fingerprint density at radius 2 is 2.05 bits per heavy atom. The van der Waals surface area contributed by atoms with Gasteiger partial charge >= 0.3 is 6.18 Å². The summed E-state index contributed by atoms with van der Waals surface area (Å²) < 4.78 is 40.4. The highest BCUT2D eigenvalue weighted by Gasteiger charge is 2.42. The molecule has 3 rings (SSSR count). The molecular weight excluding hydrogens is 279 g/mol. The lowest BCUT2D eigenvalue weighted by Crippen LogP contribution is -2.51. The fraction of sp³-hybridized carbons (Fsp3) is 0.533. The molecule has 0 spiro atoms. The van der Waals surface area contributed by atoms with Crippen molar-refractivity contribution < 1.29 is 13.2 Å². The Labute approximate surface area is 121 Å². The van der Waals surface area contributed by atoms with E-state index in [0.29, 0.717) is 12.8 Å². The number of aromatic nitrogens is 2. The number of piperidine rings is 1. The highest BCUT2D eigenvalue weighted by atomic mass is 19.4. The van der Waals surface area contributed by atoms with Gasteiger partial charge in [-0.15, -0.1) is 0 Å². The van der Waals surface area contributed by atoms with E-state index in [1.165, 1.54) is 0 Å². The van der Waals surface area contributed by atoms with Crippen LogP contribution in [0.5, 0.6) is 0 Å². The molecule has 2 unspecified atom stereocenters. The van der Waals surface area contributed by atoms with E-state index in [9.17, 15) is 13.2 Å². The number of fused-ring (bicyclic) bond motifs is 1. The van der Waals surface area contributed by atoms with Crippen LogP contribution < -0.4 is 5.32 Å². The van der Waals surface area contributed by atoms with Crippen LogP contribution in [-0.2, 0) is 13.5 Å². The Balaban J connectivity index is 1.77. The van der Waals surface area contributed by atoms with Crippen LogP contribution in [0.15, 0.2) is 24.3 Å². The van der Waals surface area contributed by atoms with Gasteiger partial charge in [0.2, 0.25) is 0 Å². The maximum Gasteiger partial charge on any atom is 0.403 e. The SMILES string of the molecule is Cn1c(CC2CCCC(C(F)(F)F)N2)nc2ccccc21. The lowest BCUT2D eigenvalue weighted by atomic mass is 9.96. The summed E-state index contributed by atoms with van der Waals surface area (Å²) in [5.41, 5.74) is 1.90. The summed E-state index contributed by atoms with van der Waals surface area (Å²) >= 11 is 0. The Kier molecular flexibility index (Phi) is 3.65. The minimum atomic E-state index is -4.16. The molecule has 1 fully saturated rings. The van der Waals surface area contributed by atoms with Gasteiger partial charge in [-0.2, -0.15) is 13.2 Å². The van der Waals surface area contributed by atoms with Gasteiger partial charge in [0.15, 0.2) is 0 Å². The minimum Gasteiger partial charge on any atom is -0.331 e. The second kappa shape index (κ2) is 5.33. The monoisotopic (exact) mass is 297 g/mol.